The Morgan fingerprint density at radius 1 is 1.03 bits per heavy atom. The molecule has 2 heterocycles. The van der Waals surface area contributed by atoms with Crippen LogP contribution in [0.4, 0.5) is 5.82 Å². The quantitative estimate of drug-likeness (QED) is 0.481. The van der Waals surface area contributed by atoms with Crippen LogP contribution in [-0.2, 0) is 4.79 Å². The standard InChI is InChI=1S/C21H21N7OS/c1-14-9-10-15(2)18(11-14)28-21(23-25-26-28)30-13-20(29)22-19-12-16(3)24-27(19)17-7-5-4-6-8-17/h4-12H,13H2,1-3H3,(H,22,29). The topological polar surface area (TPSA) is 90.5 Å². The minimum Gasteiger partial charge on any atom is -0.310 e. The predicted molar refractivity (Wildman–Crippen MR) is 116 cm³/mol. The van der Waals surface area contributed by atoms with E-state index in [1.54, 1.807) is 9.36 Å². The molecule has 2 aromatic heterocycles. The third-order valence-electron chi connectivity index (χ3n) is 4.47. The van der Waals surface area contributed by atoms with Gasteiger partial charge in [0.2, 0.25) is 11.1 Å². The van der Waals surface area contributed by atoms with Crippen LogP contribution in [0.25, 0.3) is 11.4 Å². The van der Waals surface area contributed by atoms with E-state index in [0.717, 1.165) is 28.2 Å². The lowest BCUT2D eigenvalue weighted by Gasteiger charge is -2.10. The molecule has 1 amide bonds. The minimum absolute atomic E-state index is 0.160. The number of tetrazole rings is 1. The molecule has 2 aromatic carbocycles. The molecule has 0 radical (unpaired) electrons. The third-order valence-corrected chi connectivity index (χ3v) is 5.39. The van der Waals surface area contributed by atoms with E-state index in [4.69, 9.17) is 0 Å². The van der Waals surface area contributed by atoms with Crippen LogP contribution in [0.3, 0.4) is 0 Å². The van der Waals surface area contributed by atoms with Gasteiger partial charge in [0.05, 0.1) is 22.8 Å². The summed E-state index contributed by atoms with van der Waals surface area (Å²) in [5.41, 5.74) is 4.78. The minimum atomic E-state index is -0.160. The SMILES string of the molecule is Cc1ccc(C)c(-n2nnnc2SCC(=O)Nc2cc(C)nn2-c2ccccc2)c1. The largest absolute Gasteiger partial charge is 0.310 e. The summed E-state index contributed by atoms with van der Waals surface area (Å²) in [5.74, 6) is 0.635. The number of nitrogens with zero attached hydrogens (tertiary/aromatic N) is 6. The Kier molecular flexibility index (Phi) is 5.62. The molecule has 0 aliphatic rings. The van der Waals surface area contributed by atoms with Crippen molar-refractivity contribution in [2.45, 2.75) is 25.9 Å². The maximum Gasteiger partial charge on any atom is 0.236 e. The van der Waals surface area contributed by atoms with E-state index in [2.05, 4.69) is 25.9 Å². The number of para-hydroxylation sites is 1. The highest BCUT2D eigenvalue weighted by Gasteiger charge is 2.15. The van der Waals surface area contributed by atoms with Crippen molar-refractivity contribution < 1.29 is 4.79 Å². The van der Waals surface area contributed by atoms with Gasteiger partial charge in [-0.25, -0.2) is 4.68 Å². The van der Waals surface area contributed by atoms with E-state index in [-0.39, 0.29) is 11.7 Å². The molecule has 1 N–H and O–H groups in total. The Balaban J connectivity index is 1.48. The van der Waals surface area contributed by atoms with Crippen molar-refractivity contribution in [1.82, 2.24) is 30.0 Å². The van der Waals surface area contributed by atoms with Crippen LogP contribution < -0.4 is 5.32 Å². The maximum absolute atomic E-state index is 12.6. The van der Waals surface area contributed by atoms with E-state index in [9.17, 15) is 4.79 Å². The van der Waals surface area contributed by atoms with Crippen LogP contribution in [0.2, 0.25) is 0 Å². The molecule has 4 aromatic rings. The van der Waals surface area contributed by atoms with Gasteiger partial charge in [0.1, 0.15) is 5.82 Å². The summed E-state index contributed by atoms with van der Waals surface area (Å²) >= 11 is 1.28. The van der Waals surface area contributed by atoms with E-state index in [0.29, 0.717) is 11.0 Å². The van der Waals surface area contributed by atoms with Crippen LogP contribution in [0.1, 0.15) is 16.8 Å². The van der Waals surface area contributed by atoms with Crippen molar-refractivity contribution in [3.05, 3.63) is 71.4 Å². The fraction of sp³-hybridized carbons (Fsp3) is 0.190. The van der Waals surface area contributed by atoms with Gasteiger partial charge in [-0.15, -0.1) is 5.10 Å². The number of carbonyl (C=O) groups is 1. The van der Waals surface area contributed by atoms with E-state index < -0.39 is 0 Å². The highest BCUT2D eigenvalue weighted by Crippen LogP contribution is 2.22. The molecular formula is C21H21N7OS. The van der Waals surface area contributed by atoms with Crippen molar-refractivity contribution in [2.24, 2.45) is 0 Å². The number of rotatable bonds is 6. The van der Waals surface area contributed by atoms with Gasteiger partial charge in [-0.1, -0.05) is 42.1 Å². The zero-order valence-electron chi connectivity index (χ0n) is 16.9. The van der Waals surface area contributed by atoms with E-state index in [1.165, 1.54) is 11.8 Å². The second-order valence-electron chi connectivity index (χ2n) is 6.92. The van der Waals surface area contributed by atoms with Gasteiger partial charge in [0, 0.05) is 6.07 Å². The average Bonchev–Trinajstić information content (AvgIpc) is 3.35. The maximum atomic E-state index is 12.6. The van der Waals surface area contributed by atoms with Crippen LogP contribution in [0, 0.1) is 20.8 Å². The Labute approximate surface area is 178 Å². The second kappa shape index (κ2) is 8.50. The van der Waals surface area contributed by atoms with Crippen LogP contribution in [-0.4, -0.2) is 41.6 Å². The van der Waals surface area contributed by atoms with E-state index in [1.807, 2.05) is 75.4 Å². The van der Waals surface area contributed by atoms with Crippen molar-refractivity contribution in [3.8, 4) is 11.4 Å². The van der Waals surface area contributed by atoms with Crippen molar-refractivity contribution in [2.75, 3.05) is 11.1 Å². The molecule has 8 nitrogen and oxygen atoms in total. The Morgan fingerprint density at radius 3 is 2.63 bits per heavy atom. The molecule has 0 spiro atoms. The Hall–Kier alpha value is -3.46. The number of benzene rings is 2. The first-order valence-electron chi connectivity index (χ1n) is 9.42. The molecule has 0 bridgehead atoms. The first kappa shape index (κ1) is 19.8. The lowest BCUT2D eigenvalue weighted by Crippen LogP contribution is -2.17. The summed E-state index contributed by atoms with van der Waals surface area (Å²) in [6.07, 6.45) is 0. The second-order valence-corrected chi connectivity index (χ2v) is 7.86. The summed E-state index contributed by atoms with van der Waals surface area (Å²) in [7, 11) is 0. The first-order chi connectivity index (χ1) is 14.5. The molecule has 0 saturated heterocycles. The lowest BCUT2D eigenvalue weighted by atomic mass is 10.1. The lowest BCUT2D eigenvalue weighted by molar-refractivity contribution is -0.113. The van der Waals surface area contributed by atoms with Gasteiger partial charge in [-0.3, -0.25) is 4.79 Å². The third kappa shape index (κ3) is 4.25. The van der Waals surface area contributed by atoms with Crippen LogP contribution in [0.5, 0.6) is 0 Å². The van der Waals surface area contributed by atoms with Gasteiger partial charge < -0.3 is 5.32 Å². The van der Waals surface area contributed by atoms with Gasteiger partial charge in [0.15, 0.2) is 0 Å². The number of anilines is 1. The molecule has 0 atom stereocenters. The van der Waals surface area contributed by atoms with Crippen molar-refractivity contribution >= 4 is 23.5 Å². The summed E-state index contributed by atoms with van der Waals surface area (Å²) in [4.78, 5) is 12.6. The molecule has 4 rings (SSSR count). The molecule has 0 aliphatic heterocycles. The number of amides is 1. The summed E-state index contributed by atoms with van der Waals surface area (Å²) in [6.45, 7) is 5.91. The van der Waals surface area contributed by atoms with Crippen LogP contribution in [0.15, 0.2) is 59.8 Å². The number of hydrogen-bond donors (Lipinski definition) is 1. The molecule has 0 aliphatic carbocycles. The van der Waals surface area contributed by atoms with Gasteiger partial charge in [0.25, 0.3) is 0 Å². The smallest absolute Gasteiger partial charge is 0.236 e. The fourth-order valence-electron chi connectivity index (χ4n) is 3.03. The first-order valence-corrected chi connectivity index (χ1v) is 10.4. The molecule has 152 valence electrons. The normalized spacial score (nSPS) is 10.9. The number of nitrogens with one attached hydrogen (secondary N) is 1. The fourth-order valence-corrected chi connectivity index (χ4v) is 3.72. The van der Waals surface area contributed by atoms with Gasteiger partial charge in [-0.2, -0.15) is 9.78 Å². The molecule has 9 heteroatoms. The molecule has 30 heavy (non-hydrogen) atoms. The zero-order chi connectivity index (χ0) is 21.1. The zero-order valence-corrected chi connectivity index (χ0v) is 17.7. The summed E-state index contributed by atoms with van der Waals surface area (Å²) in [6, 6.07) is 17.6. The molecule has 0 saturated carbocycles. The highest BCUT2D eigenvalue weighted by molar-refractivity contribution is 7.99. The van der Waals surface area contributed by atoms with Gasteiger partial charge >= 0.3 is 0 Å². The number of aryl methyl sites for hydroxylation is 3. The Bertz CT molecular complexity index is 1180. The predicted octanol–water partition coefficient (Wildman–Crippen LogP) is 3.50. The van der Waals surface area contributed by atoms with Gasteiger partial charge in [-0.05, 0) is 60.5 Å². The van der Waals surface area contributed by atoms with Crippen molar-refractivity contribution in [1.29, 1.82) is 0 Å². The number of aromatic nitrogens is 6. The summed E-state index contributed by atoms with van der Waals surface area (Å²) in [5, 5.41) is 19.9. The molecular weight excluding hydrogens is 398 g/mol. The molecule has 0 fully saturated rings. The molecule has 0 unspecified atom stereocenters. The average molecular weight is 420 g/mol. The van der Waals surface area contributed by atoms with Crippen molar-refractivity contribution in [3.63, 3.8) is 0 Å². The Morgan fingerprint density at radius 2 is 1.83 bits per heavy atom. The number of thioether (sulfide) groups is 1. The number of carbonyl (C=O) groups excluding carboxylic acids is 1. The highest BCUT2D eigenvalue weighted by atomic mass is 32.2. The number of hydrogen-bond acceptors (Lipinski definition) is 6. The monoisotopic (exact) mass is 419 g/mol. The van der Waals surface area contributed by atoms with E-state index >= 15 is 0 Å². The van der Waals surface area contributed by atoms with Crippen LogP contribution >= 0.6 is 11.8 Å². The summed E-state index contributed by atoms with van der Waals surface area (Å²) < 4.78 is 3.39.